The van der Waals surface area contributed by atoms with Gasteiger partial charge in [-0.15, -0.1) is 0 Å². The Labute approximate surface area is 98.8 Å². The molecule has 1 N–H and O–H groups in total. The van der Waals surface area contributed by atoms with Crippen LogP contribution in [-0.2, 0) is 0 Å². The second-order valence-electron chi connectivity index (χ2n) is 4.36. The van der Waals surface area contributed by atoms with Crippen LogP contribution in [0.4, 0.5) is 0 Å². The smallest absolute Gasteiger partial charge is 0.212 e. The fourth-order valence-corrected chi connectivity index (χ4v) is 2.38. The van der Waals surface area contributed by atoms with Gasteiger partial charge in [-0.25, -0.2) is 4.98 Å². The van der Waals surface area contributed by atoms with Gasteiger partial charge in [-0.1, -0.05) is 18.5 Å². The summed E-state index contributed by atoms with van der Waals surface area (Å²) in [5.74, 6) is 1.35. The number of nitrogens with one attached hydrogen (secondary N) is 1. The topological polar surface area (TPSA) is 38.1 Å². The van der Waals surface area contributed by atoms with Crippen molar-refractivity contribution in [3.63, 3.8) is 0 Å². The average molecular weight is 237 g/mol. The number of hydrogen-bond acceptors (Lipinski definition) is 3. The fraction of sp³-hybridized carbons (Fsp3) is 0.417. The molecule has 1 saturated heterocycles. The van der Waals surface area contributed by atoms with Gasteiger partial charge < -0.3 is 9.73 Å². The Morgan fingerprint density at radius 1 is 1.50 bits per heavy atom. The summed E-state index contributed by atoms with van der Waals surface area (Å²) in [5, 5.41) is 4.10. The molecule has 0 amide bonds. The molecule has 0 radical (unpaired) electrons. The average Bonchev–Trinajstić information content (AvgIpc) is 2.82. The Morgan fingerprint density at radius 2 is 2.38 bits per heavy atom. The van der Waals surface area contributed by atoms with Crippen molar-refractivity contribution in [3.05, 3.63) is 29.1 Å². The molecule has 16 heavy (non-hydrogen) atoms. The van der Waals surface area contributed by atoms with Crippen LogP contribution in [-0.4, -0.2) is 11.5 Å². The van der Waals surface area contributed by atoms with Crippen molar-refractivity contribution in [2.45, 2.75) is 19.4 Å². The lowest BCUT2D eigenvalue weighted by Crippen LogP contribution is -2.16. The largest absolute Gasteiger partial charge is 0.439 e. The van der Waals surface area contributed by atoms with Gasteiger partial charge in [-0.05, 0) is 37.1 Å². The predicted molar refractivity (Wildman–Crippen MR) is 63.5 cm³/mol. The van der Waals surface area contributed by atoms with E-state index >= 15 is 0 Å². The van der Waals surface area contributed by atoms with Crippen molar-refractivity contribution < 1.29 is 4.42 Å². The van der Waals surface area contributed by atoms with Crippen molar-refractivity contribution in [1.29, 1.82) is 0 Å². The van der Waals surface area contributed by atoms with Crippen molar-refractivity contribution in [1.82, 2.24) is 10.3 Å². The highest BCUT2D eigenvalue weighted by Gasteiger charge is 2.28. The maximum absolute atomic E-state index is 5.92. The molecule has 3 nitrogen and oxygen atoms in total. The standard InChI is InChI=1S/C12H13ClN2O/c1-7-4-5-14-11(7)12-15-9-6-8(13)2-3-10(9)16-12/h2-3,6-7,11,14H,4-5H2,1H3. The van der Waals surface area contributed by atoms with Crippen LogP contribution in [0.2, 0.25) is 5.02 Å². The first-order valence-corrected chi connectivity index (χ1v) is 5.91. The lowest BCUT2D eigenvalue weighted by molar-refractivity contribution is 0.394. The first-order valence-electron chi connectivity index (χ1n) is 5.53. The first kappa shape index (κ1) is 10.1. The van der Waals surface area contributed by atoms with E-state index in [1.54, 1.807) is 0 Å². The summed E-state index contributed by atoms with van der Waals surface area (Å²) >= 11 is 5.92. The second kappa shape index (κ2) is 3.75. The molecule has 2 aromatic rings. The molecule has 0 aliphatic carbocycles. The van der Waals surface area contributed by atoms with Crippen LogP contribution in [0.15, 0.2) is 22.6 Å². The third kappa shape index (κ3) is 1.60. The van der Waals surface area contributed by atoms with Crippen molar-refractivity contribution >= 4 is 22.7 Å². The van der Waals surface area contributed by atoms with Gasteiger partial charge in [0.2, 0.25) is 5.89 Å². The minimum atomic E-state index is 0.242. The van der Waals surface area contributed by atoms with E-state index in [2.05, 4.69) is 17.2 Å². The molecule has 84 valence electrons. The molecule has 0 saturated carbocycles. The molecule has 1 aliphatic heterocycles. The Hall–Kier alpha value is -1.06. The molecule has 4 heteroatoms. The molecule has 1 aliphatic rings. The van der Waals surface area contributed by atoms with E-state index in [0.717, 1.165) is 23.5 Å². The SMILES string of the molecule is CC1CCNC1c1nc2cc(Cl)ccc2o1. The zero-order valence-electron chi connectivity index (χ0n) is 9.03. The summed E-state index contributed by atoms with van der Waals surface area (Å²) < 4.78 is 5.75. The summed E-state index contributed by atoms with van der Waals surface area (Å²) in [6, 6.07) is 5.77. The molecule has 1 fully saturated rings. The van der Waals surface area contributed by atoms with Crippen molar-refractivity contribution in [3.8, 4) is 0 Å². The van der Waals surface area contributed by atoms with E-state index in [0.29, 0.717) is 10.9 Å². The third-order valence-corrected chi connectivity index (χ3v) is 3.40. The summed E-state index contributed by atoms with van der Waals surface area (Å²) in [7, 11) is 0. The maximum atomic E-state index is 5.92. The summed E-state index contributed by atoms with van der Waals surface area (Å²) in [6.45, 7) is 3.25. The van der Waals surface area contributed by atoms with Crippen LogP contribution in [0.25, 0.3) is 11.1 Å². The van der Waals surface area contributed by atoms with Crippen molar-refractivity contribution in [2.24, 2.45) is 5.92 Å². The van der Waals surface area contributed by atoms with E-state index in [1.165, 1.54) is 6.42 Å². The van der Waals surface area contributed by atoms with Gasteiger partial charge >= 0.3 is 0 Å². The lowest BCUT2D eigenvalue weighted by atomic mass is 10.0. The van der Waals surface area contributed by atoms with E-state index in [9.17, 15) is 0 Å². The van der Waals surface area contributed by atoms with Gasteiger partial charge in [0, 0.05) is 5.02 Å². The molecule has 1 aromatic heterocycles. The van der Waals surface area contributed by atoms with Crippen LogP contribution in [0.5, 0.6) is 0 Å². The number of benzene rings is 1. The predicted octanol–water partition coefficient (Wildman–Crippen LogP) is 3.15. The molecule has 0 spiro atoms. The molecule has 1 aromatic carbocycles. The van der Waals surface area contributed by atoms with Gasteiger partial charge in [0.15, 0.2) is 5.58 Å². The highest BCUT2D eigenvalue weighted by molar-refractivity contribution is 6.31. The number of fused-ring (bicyclic) bond motifs is 1. The van der Waals surface area contributed by atoms with Crippen LogP contribution in [0, 0.1) is 5.92 Å². The number of oxazole rings is 1. The molecule has 2 unspecified atom stereocenters. The van der Waals surface area contributed by atoms with Crippen LogP contribution in [0.1, 0.15) is 25.3 Å². The normalized spacial score (nSPS) is 25.4. The molecular formula is C12H13ClN2O. The molecule has 2 atom stereocenters. The van der Waals surface area contributed by atoms with Crippen LogP contribution < -0.4 is 5.32 Å². The zero-order valence-corrected chi connectivity index (χ0v) is 9.79. The van der Waals surface area contributed by atoms with Gasteiger partial charge in [-0.2, -0.15) is 0 Å². The fourth-order valence-electron chi connectivity index (χ4n) is 2.22. The first-order chi connectivity index (χ1) is 7.74. The van der Waals surface area contributed by atoms with E-state index < -0.39 is 0 Å². The molecular weight excluding hydrogens is 224 g/mol. The number of halogens is 1. The lowest BCUT2D eigenvalue weighted by Gasteiger charge is -2.10. The zero-order chi connectivity index (χ0) is 11.1. The highest BCUT2D eigenvalue weighted by Crippen LogP contribution is 2.31. The number of rotatable bonds is 1. The minimum absolute atomic E-state index is 0.242. The van der Waals surface area contributed by atoms with Gasteiger partial charge in [-0.3, -0.25) is 0 Å². The Balaban J connectivity index is 2.04. The Bertz CT molecular complexity index is 523. The molecule has 2 heterocycles. The second-order valence-corrected chi connectivity index (χ2v) is 4.80. The van der Waals surface area contributed by atoms with E-state index in [4.69, 9.17) is 16.0 Å². The van der Waals surface area contributed by atoms with Crippen LogP contribution in [0.3, 0.4) is 0 Å². The number of hydrogen-bond donors (Lipinski definition) is 1. The Kier molecular flexibility index (Phi) is 2.37. The summed E-state index contributed by atoms with van der Waals surface area (Å²) in [5.41, 5.74) is 1.64. The monoisotopic (exact) mass is 236 g/mol. The summed E-state index contributed by atoms with van der Waals surface area (Å²) in [6.07, 6.45) is 1.17. The van der Waals surface area contributed by atoms with Crippen LogP contribution >= 0.6 is 11.6 Å². The number of nitrogens with zero attached hydrogens (tertiary/aromatic N) is 1. The highest BCUT2D eigenvalue weighted by atomic mass is 35.5. The van der Waals surface area contributed by atoms with Crippen molar-refractivity contribution in [2.75, 3.05) is 6.54 Å². The summed E-state index contributed by atoms with van der Waals surface area (Å²) in [4.78, 5) is 4.49. The van der Waals surface area contributed by atoms with Gasteiger partial charge in [0.25, 0.3) is 0 Å². The van der Waals surface area contributed by atoms with E-state index in [-0.39, 0.29) is 6.04 Å². The maximum Gasteiger partial charge on any atom is 0.212 e. The van der Waals surface area contributed by atoms with Gasteiger partial charge in [0.05, 0.1) is 6.04 Å². The number of aromatic nitrogens is 1. The third-order valence-electron chi connectivity index (χ3n) is 3.17. The molecule has 0 bridgehead atoms. The Morgan fingerprint density at radius 3 is 3.12 bits per heavy atom. The van der Waals surface area contributed by atoms with E-state index in [1.807, 2.05) is 18.2 Å². The van der Waals surface area contributed by atoms with Gasteiger partial charge in [0.1, 0.15) is 5.52 Å². The molecule has 3 rings (SSSR count). The quantitative estimate of drug-likeness (QED) is 0.827. The minimum Gasteiger partial charge on any atom is -0.439 e.